The minimum absolute atomic E-state index is 0.0740. The molecule has 0 heterocycles. The van der Waals surface area contributed by atoms with Crippen molar-refractivity contribution in [2.45, 2.75) is 53.1 Å². The lowest BCUT2D eigenvalue weighted by atomic mass is 9.89. The number of aryl methyl sites for hydroxylation is 2. The summed E-state index contributed by atoms with van der Waals surface area (Å²) in [5.74, 6) is 1.50. The molecular weight excluding hydrogens is 384 g/mol. The van der Waals surface area contributed by atoms with Crippen LogP contribution in [0.5, 0.6) is 11.5 Å². The topological polar surface area (TPSA) is 60.7 Å². The summed E-state index contributed by atoms with van der Waals surface area (Å²) in [7, 11) is 0. The van der Waals surface area contributed by atoms with Crippen molar-refractivity contribution >= 4 is 0 Å². The highest BCUT2D eigenvalue weighted by atomic mass is 16.3. The molecule has 0 radical (unpaired) electrons. The van der Waals surface area contributed by atoms with Crippen LogP contribution in [0.3, 0.4) is 0 Å². The van der Waals surface area contributed by atoms with Crippen molar-refractivity contribution in [2.75, 3.05) is 0 Å². The average Bonchev–Trinajstić information content (AvgIpc) is 3.49. The van der Waals surface area contributed by atoms with Crippen molar-refractivity contribution < 1.29 is 15.3 Å². The highest BCUT2D eigenvalue weighted by molar-refractivity contribution is 5.91. The summed E-state index contributed by atoms with van der Waals surface area (Å²) in [5.41, 5.74) is 5.75. The number of phenols is 2. The number of hydrogen-bond donors (Lipinski definition) is 3. The van der Waals surface area contributed by atoms with E-state index in [1.807, 2.05) is 82.3 Å². The number of hydrogen-bond acceptors (Lipinski definition) is 3. The molecule has 0 aliphatic heterocycles. The Kier molecular flexibility index (Phi) is 7.40. The molecule has 3 aromatic carbocycles. The first-order valence-electron chi connectivity index (χ1n) is 11.3. The first-order chi connectivity index (χ1) is 15.0. The molecule has 3 atom stereocenters. The minimum atomic E-state index is -0.101. The quantitative estimate of drug-likeness (QED) is 0.399. The van der Waals surface area contributed by atoms with Gasteiger partial charge in [-0.1, -0.05) is 62.4 Å². The summed E-state index contributed by atoms with van der Waals surface area (Å²) in [6, 6.07) is 19.3. The third-order valence-electron chi connectivity index (χ3n) is 6.31. The summed E-state index contributed by atoms with van der Waals surface area (Å²) in [6.45, 7) is 8.04. The van der Waals surface area contributed by atoms with E-state index in [0.717, 1.165) is 46.1 Å². The standard InChI is InChI=1S/C20H18O2.C6H10O.C2H6/c1-13-7-3-5-9-15(13)17-11-12-18(21)20(22)19(17)16-10-6-4-8-14(16)2;7-6-2-1-4-3-5(4)6;1-2/h3-12,21-22H,1-2H3;4-7H,1-3H2;1-2H3. The maximum Gasteiger partial charge on any atom is 0.166 e. The third-order valence-corrected chi connectivity index (χ3v) is 6.31. The van der Waals surface area contributed by atoms with Crippen LogP contribution >= 0.6 is 0 Å². The van der Waals surface area contributed by atoms with E-state index >= 15 is 0 Å². The van der Waals surface area contributed by atoms with Crippen LogP contribution in [0.15, 0.2) is 60.7 Å². The van der Waals surface area contributed by atoms with Gasteiger partial charge in [0.15, 0.2) is 11.5 Å². The number of aliphatic hydroxyl groups excluding tert-OH is 1. The summed E-state index contributed by atoms with van der Waals surface area (Å²) in [5, 5.41) is 29.4. The van der Waals surface area contributed by atoms with Gasteiger partial charge in [0.05, 0.1) is 6.10 Å². The number of fused-ring (bicyclic) bond motifs is 1. The molecule has 3 nitrogen and oxygen atoms in total. The van der Waals surface area contributed by atoms with Crippen LogP contribution in [0.25, 0.3) is 22.3 Å². The van der Waals surface area contributed by atoms with Crippen molar-refractivity contribution in [1.82, 2.24) is 0 Å². The Balaban J connectivity index is 0.000000250. The van der Waals surface area contributed by atoms with Crippen LogP contribution in [0, 0.1) is 25.7 Å². The van der Waals surface area contributed by atoms with Crippen LogP contribution in [-0.2, 0) is 0 Å². The molecule has 0 amide bonds. The Hall–Kier alpha value is -2.78. The fourth-order valence-corrected chi connectivity index (χ4v) is 4.48. The van der Waals surface area contributed by atoms with E-state index in [9.17, 15) is 10.2 Å². The van der Waals surface area contributed by atoms with Gasteiger partial charge in [-0.05, 0) is 84.9 Å². The molecule has 0 aromatic heterocycles. The predicted octanol–water partition coefficient (Wildman–Crippen LogP) is 6.85. The largest absolute Gasteiger partial charge is 0.504 e. The molecule has 3 aromatic rings. The van der Waals surface area contributed by atoms with Crippen LogP contribution < -0.4 is 0 Å². The predicted molar refractivity (Wildman–Crippen MR) is 128 cm³/mol. The van der Waals surface area contributed by atoms with Gasteiger partial charge in [0.1, 0.15) is 0 Å². The third kappa shape index (κ3) is 4.94. The van der Waals surface area contributed by atoms with E-state index in [0.29, 0.717) is 5.56 Å². The van der Waals surface area contributed by atoms with Gasteiger partial charge in [0.25, 0.3) is 0 Å². The Labute approximate surface area is 186 Å². The van der Waals surface area contributed by atoms with Gasteiger partial charge in [-0.25, -0.2) is 0 Å². The molecule has 3 heteroatoms. The number of rotatable bonds is 2. The highest BCUT2D eigenvalue weighted by Crippen LogP contribution is 2.51. The lowest BCUT2D eigenvalue weighted by Crippen LogP contribution is -2.02. The first kappa shape index (κ1) is 22.9. The van der Waals surface area contributed by atoms with E-state index in [2.05, 4.69) is 0 Å². The highest BCUT2D eigenvalue weighted by Gasteiger charge is 2.47. The zero-order valence-electron chi connectivity index (χ0n) is 19.0. The summed E-state index contributed by atoms with van der Waals surface area (Å²) >= 11 is 0. The molecule has 2 saturated carbocycles. The van der Waals surface area contributed by atoms with Crippen molar-refractivity contribution in [3.8, 4) is 33.8 Å². The van der Waals surface area contributed by atoms with Gasteiger partial charge in [0, 0.05) is 5.56 Å². The molecule has 3 unspecified atom stereocenters. The molecule has 164 valence electrons. The van der Waals surface area contributed by atoms with E-state index in [-0.39, 0.29) is 17.6 Å². The molecule has 2 fully saturated rings. The maximum atomic E-state index is 10.5. The van der Waals surface area contributed by atoms with Gasteiger partial charge in [0.2, 0.25) is 0 Å². The average molecular weight is 419 g/mol. The monoisotopic (exact) mass is 418 g/mol. The van der Waals surface area contributed by atoms with Crippen molar-refractivity contribution in [2.24, 2.45) is 11.8 Å². The van der Waals surface area contributed by atoms with Gasteiger partial charge in [-0.3, -0.25) is 0 Å². The van der Waals surface area contributed by atoms with Gasteiger partial charge < -0.3 is 15.3 Å². The molecule has 31 heavy (non-hydrogen) atoms. The van der Waals surface area contributed by atoms with Crippen molar-refractivity contribution in [3.63, 3.8) is 0 Å². The van der Waals surface area contributed by atoms with Gasteiger partial charge in [-0.15, -0.1) is 0 Å². The van der Waals surface area contributed by atoms with Crippen LogP contribution in [0.4, 0.5) is 0 Å². The number of aromatic hydroxyl groups is 2. The number of benzene rings is 3. The Morgan fingerprint density at radius 1 is 0.710 bits per heavy atom. The molecule has 2 aliphatic rings. The minimum Gasteiger partial charge on any atom is -0.504 e. The lowest BCUT2D eigenvalue weighted by molar-refractivity contribution is 0.159. The summed E-state index contributed by atoms with van der Waals surface area (Å²) < 4.78 is 0. The van der Waals surface area contributed by atoms with Crippen molar-refractivity contribution in [3.05, 3.63) is 71.8 Å². The second-order valence-corrected chi connectivity index (χ2v) is 8.29. The number of aliphatic hydroxyl groups is 1. The zero-order chi connectivity index (χ0) is 22.5. The Bertz CT molecular complexity index is 1020. The molecule has 0 spiro atoms. The molecule has 0 saturated heterocycles. The van der Waals surface area contributed by atoms with Crippen LogP contribution in [0.1, 0.15) is 44.2 Å². The summed E-state index contributed by atoms with van der Waals surface area (Å²) in [6.07, 6.45) is 3.78. The first-order valence-corrected chi connectivity index (χ1v) is 11.3. The van der Waals surface area contributed by atoms with E-state index in [1.165, 1.54) is 12.8 Å². The maximum absolute atomic E-state index is 10.5. The van der Waals surface area contributed by atoms with E-state index in [1.54, 1.807) is 6.07 Å². The van der Waals surface area contributed by atoms with Gasteiger partial charge in [-0.2, -0.15) is 0 Å². The lowest BCUT2D eigenvalue weighted by Gasteiger charge is -2.16. The second kappa shape index (κ2) is 10.0. The molecule has 3 N–H and O–H groups in total. The van der Waals surface area contributed by atoms with E-state index in [4.69, 9.17) is 5.11 Å². The molecular formula is C28H34O3. The zero-order valence-corrected chi connectivity index (χ0v) is 19.0. The molecule has 5 rings (SSSR count). The van der Waals surface area contributed by atoms with Gasteiger partial charge >= 0.3 is 0 Å². The molecule has 2 aliphatic carbocycles. The smallest absolute Gasteiger partial charge is 0.166 e. The van der Waals surface area contributed by atoms with Crippen LogP contribution in [-0.4, -0.2) is 21.4 Å². The van der Waals surface area contributed by atoms with Crippen molar-refractivity contribution in [1.29, 1.82) is 0 Å². The van der Waals surface area contributed by atoms with Crippen LogP contribution in [0.2, 0.25) is 0 Å². The normalized spacial score (nSPS) is 20.6. The van der Waals surface area contributed by atoms with E-state index < -0.39 is 0 Å². The second-order valence-electron chi connectivity index (χ2n) is 8.29. The Morgan fingerprint density at radius 3 is 1.74 bits per heavy atom. The fourth-order valence-electron chi connectivity index (χ4n) is 4.48. The summed E-state index contributed by atoms with van der Waals surface area (Å²) in [4.78, 5) is 0. The SMILES string of the molecule is CC.Cc1ccccc1-c1ccc(O)c(O)c1-c1ccccc1C.OC1CCC2CC12. The fraction of sp³-hybridized carbons (Fsp3) is 0.357. The molecule has 0 bridgehead atoms. The number of phenolic OH excluding ortho intramolecular Hbond substituents is 2. The Morgan fingerprint density at radius 2 is 1.29 bits per heavy atom.